The second kappa shape index (κ2) is 8.73. The van der Waals surface area contributed by atoms with Gasteiger partial charge in [-0.3, -0.25) is 14.4 Å². The number of ketones is 2. The molecular formula is C32H48NO5-. The number of nitrogens with zero attached hydrogens (tertiary/aromatic N) is 1. The maximum Gasteiger partial charge on any atom is 0.312 e. The summed E-state index contributed by atoms with van der Waals surface area (Å²) in [5.74, 6) is 0.257. The van der Waals surface area contributed by atoms with Crippen LogP contribution in [0.5, 0.6) is 0 Å². The number of Topliss-reactive ketones (excluding diaryl/α,β-unsaturated/α-hetero) is 1. The van der Waals surface area contributed by atoms with Crippen molar-refractivity contribution in [2.24, 2.45) is 50.2 Å². The van der Waals surface area contributed by atoms with E-state index in [0.29, 0.717) is 13.0 Å². The number of rotatable bonds is 4. The van der Waals surface area contributed by atoms with Gasteiger partial charge in [0.05, 0.1) is 12.5 Å². The Kier molecular flexibility index (Phi) is 6.44. The largest absolute Gasteiger partial charge is 0.534 e. The maximum absolute atomic E-state index is 14.4. The first-order chi connectivity index (χ1) is 17.7. The number of hydrogen-bond acceptors (Lipinski definition) is 5. The zero-order valence-corrected chi connectivity index (χ0v) is 24.9. The lowest BCUT2D eigenvalue weighted by Crippen LogP contribution is -2.66. The number of hydrogen-bond donors (Lipinski definition) is 0. The Labute approximate surface area is 229 Å². The van der Waals surface area contributed by atoms with Gasteiger partial charge in [-0.2, -0.15) is 0 Å². The normalized spacial score (nSPS) is 47.7. The van der Waals surface area contributed by atoms with E-state index in [9.17, 15) is 14.4 Å². The molecule has 1 unspecified atom stereocenters. The summed E-state index contributed by atoms with van der Waals surface area (Å²) in [6, 6.07) is 0. The van der Waals surface area contributed by atoms with Gasteiger partial charge in [0.2, 0.25) is 0 Å². The van der Waals surface area contributed by atoms with Gasteiger partial charge < -0.3 is 15.1 Å². The number of carbonyl (C=O) groups is 3. The molecule has 8 atom stereocenters. The van der Waals surface area contributed by atoms with E-state index in [2.05, 4.69) is 47.0 Å². The molecule has 0 aromatic heterocycles. The molecule has 38 heavy (non-hydrogen) atoms. The van der Waals surface area contributed by atoms with Crippen LogP contribution < -0.4 is 0 Å². The number of methoxy groups -OCH3 is 1. The molecule has 4 fully saturated rings. The van der Waals surface area contributed by atoms with Crippen molar-refractivity contribution in [1.82, 2.24) is 0 Å². The van der Waals surface area contributed by atoms with Gasteiger partial charge in [0.1, 0.15) is 5.78 Å². The van der Waals surface area contributed by atoms with Crippen molar-refractivity contribution in [1.29, 1.82) is 0 Å². The minimum Gasteiger partial charge on any atom is -0.534 e. The molecule has 6 heteroatoms. The Bertz CT molecular complexity index is 1080. The maximum atomic E-state index is 14.4. The van der Waals surface area contributed by atoms with Gasteiger partial charge >= 0.3 is 5.97 Å². The Morgan fingerprint density at radius 2 is 1.66 bits per heavy atom. The Morgan fingerprint density at radius 1 is 0.974 bits per heavy atom. The third-order valence-electron chi connectivity index (χ3n) is 13.1. The van der Waals surface area contributed by atoms with E-state index in [0.717, 1.165) is 51.4 Å². The summed E-state index contributed by atoms with van der Waals surface area (Å²) in [5, 5.41) is 0. The third kappa shape index (κ3) is 3.47. The van der Waals surface area contributed by atoms with Crippen molar-refractivity contribution < 1.29 is 24.0 Å². The summed E-state index contributed by atoms with van der Waals surface area (Å²) < 4.78 is 5.43. The SMILES string of the molecule is CO[N-]C[C@]1(C)C(=O)CC[C@]2(C)C3=CC(=O)[C@@H]4[C@@H]5CC(C)(C)CC[C@]5(C(=O)OC)CC[C@@]4(C)[C@]3(C)CCC12. The molecule has 0 aromatic rings. The molecule has 5 aliphatic rings. The van der Waals surface area contributed by atoms with Crippen molar-refractivity contribution in [2.75, 3.05) is 20.8 Å². The molecule has 212 valence electrons. The number of allylic oxidation sites excluding steroid dienone is 2. The smallest absolute Gasteiger partial charge is 0.312 e. The van der Waals surface area contributed by atoms with E-state index in [1.54, 1.807) is 7.11 Å². The molecule has 5 aliphatic carbocycles. The fourth-order valence-corrected chi connectivity index (χ4v) is 10.6. The molecule has 0 bridgehead atoms. The summed E-state index contributed by atoms with van der Waals surface area (Å²) in [7, 11) is 3.05. The average molecular weight is 527 g/mol. The van der Waals surface area contributed by atoms with Crippen LogP contribution in [0.4, 0.5) is 0 Å². The first-order valence-electron chi connectivity index (χ1n) is 14.7. The van der Waals surface area contributed by atoms with Crippen molar-refractivity contribution in [3.05, 3.63) is 17.1 Å². The Balaban J connectivity index is 1.62. The van der Waals surface area contributed by atoms with Crippen LogP contribution in [0.1, 0.15) is 99.3 Å². The summed E-state index contributed by atoms with van der Waals surface area (Å²) in [6.45, 7) is 14.0. The molecule has 5 rings (SSSR count). The van der Waals surface area contributed by atoms with Crippen LogP contribution in [0.25, 0.3) is 5.48 Å². The highest BCUT2D eigenvalue weighted by molar-refractivity contribution is 5.96. The highest BCUT2D eigenvalue weighted by atomic mass is 16.6. The van der Waals surface area contributed by atoms with E-state index in [1.165, 1.54) is 12.7 Å². The lowest BCUT2D eigenvalue weighted by Gasteiger charge is -2.69. The fourth-order valence-electron chi connectivity index (χ4n) is 10.6. The molecule has 4 saturated carbocycles. The topological polar surface area (TPSA) is 83.8 Å². The number of hydroxylamine groups is 1. The summed E-state index contributed by atoms with van der Waals surface area (Å²) in [6.07, 6.45) is 9.43. The predicted molar refractivity (Wildman–Crippen MR) is 146 cm³/mol. The monoisotopic (exact) mass is 526 g/mol. The first-order valence-corrected chi connectivity index (χ1v) is 14.7. The number of fused-ring (bicyclic) bond motifs is 7. The second-order valence-corrected chi connectivity index (χ2v) is 15.1. The Hall–Kier alpha value is -1.53. The van der Waals surface area contributed by atoms with Crippen molar-refractivity contribution in [3.63, 3.8) is 0 Å². The van der Waals surface area contributed by atoms with Gasteiger partial charge in [-0.05, 0) is 90.9 Å². The van der Waals surface area contributed by atoms with E-state index < -0.39 is 10.8 Å². The first kappa shape index (κ1) is 28.0. The van der Waals surface area contributed by atoms with Gasteiger partial charge in [-0.1, -0.05) is 47.1 Å². The standard InChI is InChI=1S/C32H48NO5/c1-27(2)13-15-32(26(36)37-7)16-14-31(6)25(20(32)18-27)21(34)17-23-28(3)11-10-24(35)29(4,19-33-38-8)22(28)9-12-30(23,31)5/h17,20,22,25H,9-16,18-19H2,1-8H3/q-1/t20-,22?,25-,28-,29-,30+,31+,32-/m0/s1. The fraction of sp³-hybridized carbons (Fsp3) is 0.844. The van der Waals surface area contributed by atoms with Gasteiger partial charge in [0, 0.05) is 24.9 Å². The quantitative estimate of drug-likeness (QED) is 0.303. The lowest BCUT2D eigenvalue weighted by atomic mass is 9.34. The number of esters is 1. The molecule has 0 N–H and O–H groups in total. The molecule has 0 amide bonds. The molecule has 0 heterocycles. The predicted octanol–water partition coefficient (Wildman–Crippen LogP) is 6.62. The zero-order chi connectivity index (χ0) is 27.9. The van der Waals surface area contributed by atoms with Crippen LogP contribution in [0, 0.1) is 50.2 Å². The van der Waals surface area contributed by atoms with Crippen LogP contribution in [0.2, 0.25) is 0 Å². The molecule has 0 radical (unpaired) electrons. The molecule has 6 nitrogen and oxygen atoms in total. The molecule has 0 spiro atoms. The summed E-state index contributed by atoms with van der Waals surface area (Å²) in [5.41, 5.74) is 3.72. The highest BCUT2D eigenvalue weighted by Gasteiger charge is 2.71. The molecular weight excluding hydrogens is 478 g/mol. The van der Waals surface area contributed by atoms with Crippen LogP contribution in [-0.2, 0) is 24.0 Å². The van der Waals surface area contributed by atoms with Gasteiger partial charge in [0.15, 0.2) is 5.78 Å². The minimum absolute atomic E-state index is 0.0104. The minimum atomic E-state index is -0.591. The van der Waals surface area contributed by atoms with Crippen molar-refractivity contribution in [2.45, 2.75) is 99.3 Å². The van der Waals surface area contributed by atoms with E-state index >= 15 is 0 Å². The van der Waals surface area contributed by atoms with E-state index in [1.807, 2.05) is 6.08 Å². The Morgan fingerprint density at radius 3 is 2.32 bits per heavy atom. The second-order valence-electron chi connectivity index (χ2n) is 15.1. The highest BCUT2D eigenvalue weighted by Crippen LogP contribution is 2.75. The van der Waals surface area contributed by atoms with Crippen LogP contribution in [0.15, 0.2) is 11.6 Å². The zero-order valence-electron chi connectivity index (χ0n) is 24.9. The summed E-state index contributed by atoms with van der Waals surface area (Å²) >= 11 is 0. The van der Waals surface area contributed by atoms with Gasteiger partial charge in [0.25, 0.3) is 0 Å². The van der Waals surface area contributed by atoms with Crippen molar-refractivity contribution >= 4 is 17.5 Å². The average Bonchev–Trinajstić information content (AvgIpc) is 2.86. The molecule has 0 aliphatic heterocycles. The third-order valence-corrected chi connectivity index (χ3v) is 13.1. The van der Waals surface area contributed by atoms with Crippen LogP contribution >= 0.6 is 0 Å². The van der Waals surface area contributed by atoms with Crippen LogP contribution in [-0.4, -0.2) is 38.3 Å². The van der Waals surface area contributed by atoms with E-state index in [-0.39, 0.29) is 56.9 Å². The molecule has 0 aromatic carbocycles. The van der Waals surface area contributed by atoms with Crippen molar-refractivity contribution in [3.8, 4) is 0 Å². The van der Waals surface area contributed by atoms with E-state index in [4.69, 9.17) is 9.57 Å². The number of carbonyl (C=O) groups excluding carboxylic acids is 3. The van der Waals surface area contributed by atoms with Gasteiger partial charge in [-0.15, -0.1) is 6.54 Å². The molecule has 0 saturated heterocycles. The van der Waals surface area contributed by atoms with Crippen LogP contribution in [0.3, 0.4) is 0 Å². The number of ether oxygens (including phenoxy) is 1. The van der Waals surface area contributed by atoms with Gasteiger partial charge in [-0.25, -0.2) is 0 Å². The lowest BCUT2D eigenvalue weighted by molar-refractivity contribution is -0.192. The summed E-state index contributed by atoms with van der Waals surface area (Å²) in [4.78, 5) is 46.2.